The summed E-state index contributed by atoms with van der Waals surface area (Å²) in [7, 11) is 0. The Morgan fingerprint density at radius 2 is 2.13 bits per heavy atom. The fourth-order valence-corrected chi connectivity index (χ4v) is 3.82. The Morgan fingerprint density at radius 1 is 1.33 bits per heavy atom. The number of hydrogen-bond donors (Lipinski definition) is 2. The Kier molecular flexibility index (Phi) is 5.17. The number of nitrogens with zero attached hydrogens (tertiary/aromatic N) is 4. The van der Waals surface area contributed by atoms with Crippen LogP contribution in [0.4, 0.5) is 0 Å². The van der Waals surface area contributed by atoms with Crippen molar-refractivity contribution >= 4 is 11.9 Å². The third-order valence-corrected chi connectivity index (χ3v) is 5.26. The number of pyridine rings is 2. The highest BCUT2D eigenvalue weighted by molar-refractivity contribution is 5.97. The summed E-state index contributed by atoms with van der Waals surface area (Å²) in [5.41, 5.74) is -0.455. The van der Waals surface area contributed by atoms with Gasteiger partial charge in [0.2, 0.25) is 5.43 Å². The molecule has 10 nitrogen and oxygen atoms in total. The summed E-state index contributed by atoms with van der Waals surface area (Å²) in [4.78, 5) is 42.8. The zero-order chi connectivity index (χ0) is 21.4. The van der Waals surface area contributed by atoms with E-state index in [1.807, 2.05) is 25.1 Å². The van der Waals surface area contributed by atoms with Gasteiger partial charge < -0.3 is 19.8 Å². The maximum Gasteiger partial charge on any atom is 0.341 e. The topological polar surface area (TPSA) is 125 Å². The maximum absolute atomic E-state index is 13.1. The molecule has 4 heterocycles. The molecule has 0 unspecified atom stereocenters. The Hall–Kier alpha value is -3.40. The first kappa shape index (κ1) is 19.9. The van der Waals surface area contributed by atoms with Crippen molar-refractivity contribution < 1.29 is 24.5 Å². The molecular formula is C20H22N4O6. The van der Waals surface area contributed by atoms with Crippen molar-refractivity contribution in [1.82, 2.24) is 14.6 Å². The largest absolute Gasteiger partial charge is 0.502 e. The quantitative estimate of drug-likeness (QED) is 0.732. The number of carbonyl (C=O) groups excluding carboxylic acids is 1. The number of carbonyl (C=O) groups is 2. The van der Waals surface area contributed by atoms with Crippen molar-refractivity contribution in [3.8, 4) is 5.75 Å². The number of aromatic hydroxyl groups is 1. The van der Waals surface area contributed by atoms with Gasteiger partial charge in [-0.3, -0.25) is 24.3 Å². The molecule has 2 aliphatic heterocycles. The molecule has 1 fully saturated rings. The number of fused-ring (bicyclic) bond motifs is 1. The van der Waals surface area contributed by atoms with Crippen LogP contribution in [0.3, 0.4) is 0 Å². The normalized spacial score (nSPS) is 18.6. The van der Waals surface area contributed by atoms with E-state index in [0.29, 0.717) is 18.8 Å². The van der Waals surface area contributed by atoms with Gasteiger partial charge in [0.05, 0.1) is 18.3 Å². The SMILES string of the molecule is Cc1cccc(CN2CN(C[C@H]3CCCO3)C(=O)c3c(O)c(=O)c(C(=O)O)cn32)n1. The Morgan fingerprint density at radius 3 is 2.80 bits per heavy atom. The average molecular weight is 414 g/mol. The third kappa shape index (κ3) is 3.61. The molecular weight excluding hydrogens is 392 g/mol. The van der Waals surface area contributed by atoms with E-state index in [4.69, 9.17) is 4.74 Å². The number of aromatic carboxylic acids is 1. The fourth-order valence-electron chi connectivity index (χ4n) is 3.82. The van der Waals surface area contributed by atoms with E-state index < -0.39 is 28.6 Å². The highest BCUT2D eigenvalue weighted by Gasteiger charge is 2.36. The highest BCUT2D eigenvalue weighted by atomic mass is 16.5. The Balaban J connectivity index is 1.78. The van der Waals surface area contributed by atoms with Crippen molar-refractivity contribution in [2.75, 3.05) is 24.8 Å². The molecule has 2 N–H and O–H groups in total. The standard InChI is InChI=1S/C20H22N4O6/c1-12-4-2-5-13(21-12)8-23-11-22(9-14-6-3-7-30-14)19(27)16-18(26)17(25)15(20(28)29)10-24(16)23/h2,4-5,10,14,26H,3,6-9,11H2,1H3,(H,28,29)/t14-/m1/s1. The zero-order valence-corrected chi connectivity index (χ0v) is 16.4. The minimum atomic E-state index is -1.48. The Labute approximate surface area is 171 Å². The lowest BCUT2D eigenvalue weighted by molar-refractivity contribution is 0.0453. The van der Waals surface area contributed by atoms with Crippen molar-refractivity contribution in [1.29, 1.82) is 0 Å². The third-order valence-electron chi connectivity index (χ3n) is 5.26. The molecule has 0 spiro atoms. The number of hydrogen-bond acceptors (Lipinski definition) is 7. The second kappa shape index (κ2) is 7.79. The summed E-state index contributed by atoms with van der Waals surface area (Å²) < 4.78 is 6.88. The summed E-state index contributed by atoms with van der Waals surface area (Å²) in [5.74, 6) is -2.90. The van der Waals surface area contributed by atoms with Crippen molar-refractivity contribution in [2.24, 2.45) is 0 Å². The lowest BCUT2D eigenvalue weighted by atomic mass is 10.1. The first-order valence-electron chi connectivity index (χ1n) is 9.65. The molecule has 1 atom stereocenters. The Bertz CT molecular complexity index is 1060. The van der Waals surface area contributed by atoms with Crippen molar-refractivity contribution in [3.63, 3.8) is 0 Å². The van der Waals surface area contributed by atoms with Crippen LogP contribution in [0.25, 0.3) is 0 Å². The van der Waals surface area contributed by atoms with Crippen LogP contribution in [0.1, 0.15) is 45.1 Å². The van der Waals surface area contributed by atoms with Gasteiger partial charge in [-0.05, 0) is 31.9 Å². The molecule has 2 aliphatic rings. The summed E-state index contributed by atoms with van der Waals surface area (Å²) >= 11 is 0. The predicted octanol–water partition coefficient (Wildman–Crippen LogP) is 0.686. The summed E-state index contributed by atoms with van der Waals surface area (Å²) in [6.07, 6.45) is 2.69. The number of carboxylic acids is 1. The minimum Gasteiger partial charge on any atom is -0.502 e. The van der Waals surface area contributed by atoms with Gasteiger partial charge >= 0.3 is 5.97 Å². The van der Waals surface area contributed by atoms with Crippen LogP contribution in [0.15, 0.2) is 29.2 Å². The number of aromatic nitrogens is 2. The van der Waals surface area contributed by atoms with Crippen molar-refractivity contribution in [3.05, 3.63) is 57.3 Å². The summed E-state index contributed by atoms with van der Waals surface area (Å²) in [6.45, 7) is 3.16. The van der Waals surface area contributed by atoms with Gasteiger partial charge in [-0.1, -0.05) is 6.07 Å². The van der Waals surface area contributed by atoms with E-state index in [-0.39, 0.29) is 25.0 Å². The molecule has 0 radical (unpaired) electrons. The van der Waals surface area contributed by atoms with Crippen LogP contribution in [-0.4, -0.2) is 62.6 Å². The molecule has 2 aromatic rings. The molecule has 0 saturated carbocycles. The lowest BCUT2D eigenvalue weighted by Gasteiger charge is -2.40. The molecule has 30 heavy (non-hydrogen) atoms. The monoisotopic (exact) mass is 414 g/mol. The maximum atomic E-state index is 13.1. The second-order valence-corrected chi connectivity index (χ2v) is 7.46. The number of rotatable bonds is 5. The molecule has 158 valence electrons. The van der Waals surface area contributed by atoms with Gasteiger partial charge in [-0.2, -0.15) is 0 Å². The first-order chi connectivity index (χ1) is 14.3. The number of amides is 1. The van der Waals surface area contributed by atoms with Gasteiger partial charge in [0.1, 0.15) is 12.2 Å². The van der Waals surface area contributed by atoms with Crippen molar-refractivity contribution in [2.45, 2.75) is 32.4 Å². The van der Waals surface area contributed by atoms with Gasteiger partial charge in [0.25, 0.3) is 5.91 Å². The number of aryl methyl sites for hydroxylation is 1. The zero-order valence-electron chi connectivity index (χ0n) is 16.4. The summed E-state index contributed by atoms with van der Waals surface area (Å²) in [6, 6.07) is 5.52. The molecule has 10 heteroatoms. The van der Waals surface area contributed by atoms with E-state index >= 15 is 0 Å². The number of ether oxygens (including phenoxy) is 1. The van der Waals surface area contributed by atoms with E-state index in [0.717, 1.165) is 24.7 Å². The van der Waals surface area contributed by atoms with Crippen LogP contribution < -0.4 is 10.4 Å². The first-order valence-corrected chi connectivity index (χ1v) is 9.65. The van der Waals surface area contributed by atoms with Crippen LogP contribution in [0, 0.1) is 6.92 Å². The smallest absolute Gasteiger partial charge is 0.341 e. The molecule has 1 amide bonds. The predicted molar refractivity (Wildman–Crippen MR) is 105 cm³/mol. The van der Waals surface area contributed by atoms with Crippen LogP contribution in [0.5, 0.6) is 5.75 Å². The molecule has 0 aromatic carbocycles. The van der Waals surface area contributed by atoms with Crippen LogP contribution >= 0.6 is 0 Å². The van der Waals surface area contributed by atoms with Crippen LogP contribution in [0.2, 0.25) is 0 Å². The molecule has 0 aliphatic carbocycles. The minimum absolute atomic E-state index is 0.119. The van der Waals surface area contributed by atoms with Gasteiger partial charge in [-0.15, -0.1) is 0 Å². The van der Waals surface area contributed by atoms with Gasteiger partial charge in [0.15, 0.2) is 11.4 Å². The summed E-state index contributed by atoms with van der Waals surface area (Å²) in [5, 5.41) is 21.4. The highest BCUT2D eigenvalue weighted by Crippen LogP contribution is 2.24. The van der Waals surface area contributed by atoms with Crippen LogP contribution in [-0.2, 0) is 11.3 Å². The van der Waals surface area contributed by atoms with E-state index in [1.165, 1.54) is 9.58 Å². The van der Waals surface area contributed by atoms with E-state index in [2.05, 4.69) is 4.98 Å². The fraction of sp³-hybridized carbons (Fsp3) is 0.400. The van der Waals surface area contributed by atoms with Gasteiger partial charge in [-0.25, -0.2) is 4.79 Å². The number of carboxylic acid groups (broad SMARTS) is 1. The van der Waals surface area contributed by atoms with Gasteiger partial charge in [0, 0.05) is 25.0 Å². The van der Waals surface area contributed by atoms with E-state index in [9.17, 15) is 24.6 Å². The van der Waals surface area contributed by atoms with E-state index in [1.54, 1.807) is 5.01 Å². The average Bonchev–Trinajstić information content (AvgIpc) is 3.20. The molecule has 1 saturated heterocycles. The lowest BCUT2D eigenvalue weighted by Crippen LogP contribution is -2.55. The second-order valence-electron chi connectivity index (χ2n) is 7.46. The molecule has 2 aromatic heterocycles. The molecule has 0 bridgehead atoms. The molecule has 4 rings (SSSR count).